The molecule has 1 aromatic heterocycles. The Morgan fingerprint density at radius 2 is 2.06 bits per heavy atom. The Kier molecular flexibility index (Phi) is 3.66. The molecule has 1 saturated carbocycles. The third-order valence-corrected chi connectivity index (χ3v) is 3.88. The van der Waals surface area contributed by atoms with Gasteiger partial charge >= 0.3 is 0 Å². The molecular weight excluding hydrogens is 202 g/mol. The van der Waals surface area contributed by atoms with Crippen molar-refractivity contribution < 1.29 is 9.52 Å². The van der Waals surface area contributed by atoms with Gasteiger partial charge < -0.3 is 14.8 Å². The molecule has 3 nitrogen and oxygen atoms in total. The van der Waals surface area contributed by atoms with E-state index in [2.05, 4.69) is 19.2 Å². The zero-order chi connectivity index (χ0) is 11.5. The lowest BCUT2D eigenvalue weighted by atomic mass is 9.98. The van der Waals surface area contributed by atoms with Crippen molar-refractivity contribution in [3.8, 4) is 0 Å². The summed E-state index contributed by atoms with van der Waals surface area (Å²) in [5.74, 6) is 3.12. The Labute approximate surface area is 96.8 Å². The van der Waals surface area contributed by atoms with Crippen LogP contribution < -0.4 is 5.32 Å². The van der Waals surface area contributed by atoms with Gasteiger partial charge in [-0.1, -0.05) is 13.8 Å². The highest BCUT2D eigenvalue weighted by molar-refractivity contribution is 5.06. The molecule has 3 unspecified atom stereocenters. The van der Waals surface area contributed by atoms with Crippen molar-refractivity contribution >= 4 is 0 Å². The fraction of sp³-hybridized carbons (Fsp3) is 0.692. The zero-order valence-electron chi connectivity index (χ0n) is 10.1. The molecule has 1 fully saturated rings. The highest BCUT2D eigenvalue weighted by atomic mass is 16.4. The molecule has 3 heteroatoms. The molecule has 0 saturated heterocycles. The first kappa shape index (κ1) is 11.7. The number of rotatable bonds is 4. The van der Waals surface area contributed by atoms with Crippen molar-refractivity contribution in [1.29, 1.82) is 0 Å². The molecule has 1 aromatic rings. The summed E-state index contributed by atoms with van der Waals surface area (Å²) in [6, 6.07) is 4.37. The molecule has 1 heterocycles. The van der Waals surface area contributed by atoms with Gasteiger partial charge in [-0.15, -0.1) is 0 Å². The van der Waals surface area contributed by atoms with Gasteiger partial charge in [0.15, 0.2) is 0 Å². The van der Waals surface area contributed by atoms with E-state index in [4.69, 9.17) is 9.52 Å². The monoisotopic (exact) mass is 223 g/mol. The van der Waals surface area contributed by atoms with Crippen LogP contribution in [0.1, 0.15) is 38.2 Å². The lowest BCUT2D eigenvalue weighted by molar-refractivity contribution is 0.241. The number of nitrogens with one attached hydrogen (secondary N) is 1. The smallest absolute Gasteiger partial charge is 0.129 e. The van der Waals surface area contributed by atoms with Gasteiger partial charge in [-0.3, -0.25) is 0 Å². The summed E-state index contributed by atoms with van der Waals surface area (Å²) >= 11 is 0. The average molecular weight is 223 g/mol. The molecule has 1 aliphatic carbocycles. The second-order valence-electron chi connectivity index (χ2n) is 4.93. The first-order valence-electron chi connectivity index (χ1n) is 6.12. The molecule has 0 radical (unpaired) electrons. The van der Waals surface area contributed by atoms with Gasteiger partial charge in [0.2, 0.25) is 0 Å². The number of hydrogen-bond donors (Lipinski definition) is 2. The van der Waals surface area contributed by atoms with Crippen molar-refractivity contribution in [2.24, 2.45) is 11.8 Å². The van der Waals surface area contributed by atoms with Gasteiger partial charge in [0, 0.05) is 6.04 Å². The van der Waals surface area contributed by atoms with E-state index < -0.39 is 0 Å². The summed E-state index contributed by atoms with van der Waals surface area (Å²) in [6.45, 7) is 5.39. The topological polar surface area (TPSA) is 45.4 Å². The van der Waals surface area contributed by atoms with Gasteiger partial charge in [0.1, 0.15) is 18.1 Å². The second kappa shape index (κ2) is 5.02. The summed E-state index contributed by atoms with van der Waals surface area (Å²) in [5, 5.41) is 12.4. The van der Waals surface area contributed by atoms with Gasteiger partial charge in [-0.2, -0.15) is 0 Å². The van der Waals surface area contributed by atoms with E-state index >= 15 is 0 Å². The summed E-state index contributed by atoms with van der Waals surface area (Å²) in [7, 11) is 0. The predicted molar refractivity (Wildman–Crippen MR) is 62.8 cm³/mol. The zero-order valence-corrected chi connectivity index (χ0v) is 10.1. The summed E-state index contributed by atoms with van der Waals surface area (Å²) in [5.41, 5.74) is 0. The molecular formula is C13H21NO2. The molecule has 0 bridgehead atoms. The van der Waals surface area contributed by atoms with E-state index in [1.165, 1.54) is 12.8 Å². The lowest BCUT2D eigenvalue weighted by Gasteiger charge is -2.18. The minimum absolute atomic E-state index is 0.0170. The molecule has 0 amide bonds. The Morgan fingerprint density at radius 3 is 2.62 bits per heavy atom. The third kappa shape index (κ3) is 2.47. The lowest BCUT2D eigenvalue weighted by Crippen LogP contribution is -2.31. The molecule has 16 heavy (non-hydrogen) atoms. The molecule has 1 aliphatic rings. The van der Waals surface area contributed by atoms with E-state index in [1.807, 2.05) is 12.1 Å². The Balaban J connectivity index is 1.83. The van der Waals surface area contributed by atoms with Crippen molar-refractivity contribution in [1.82, 2.24) is 5.32 Å². The van der Waals surface area contributed by atoms with Crippen molar-refractivity contribution in [2.45, 2.75) is 45.9 Å². The van der Waals surface area contributed by atoms with Crippen LogP contribution in [0.5, 0.6) is 0 Å². The second-order valence-corrected chi connectivity index (χ2v) is 4.93. The van der Waals surface area contributed by atoms with E-state index in [1.54, 1.807) is 0 Å². The molecule has 0 aromatic carbocycles. The minimum atomic E-state index is -0.0170. The fourth-order valence-electron chi connectivity index (χ4n) is 2.49. The van der Waals surface area contributed by atoms with Crippen LogP contribution in [0, 0.1) is 11.8 Å². The standard InChI is InChI=1S/C13H21NO2/c1-9-3-6-13(10(9)2)14-7-11-4-5-12(8-15)16-11/h4-5,9-10,13-15H,3,6-8H2,1-2H3. The van der Waals surface area contributed by atoms with Gasteiger partial charge in [-0.05, 0) is 36.8 Å². The number of aliphatic hydroxyl groups is 1. The van der Waals surface area contributed by atoms with Crippen LogP contribution in [-0.4, -0.2) is 11.1 Å². The maximum absolute atomic E-state index is 8.89. The van der Waals surface area contributed by atoms with E-state index in [-0.39, 0.29) is 6.61 Å². The first-order valence-corrected chi connectivity index (χ1v) is 6.12. The quantitative estimate of drug-likeness (QED) is 0.823. The van der Waals surface area contributed by atoms with Crippen LogP contribution >= 0.6 is 0 Å². The maximum atomic E-state index is 8.89. The van der Waals surface area contributed by atoms with E-state index in [0.29, 0.717) is 11.8 Å². The number of furan rings is 1. The first-order chi connectivity index (χ1) is 7.70. The Hall–Kier alpha value is -0.800. The Bertz CT molecular complexity index is 334. The molecule has 90 valence electrons. The Morgan fingerprint density at radius 1 is 1.31 bits per heavy atom. The molecule has 2 N–H and O–H groups in total. The molecule has 3 atom stereocenters. The maximum Gasteiger partial charge on any atom is 0.129 e. The summed E-state index contributed by atoms with van der Waals surface area (Å²) < 4.78 is 5.44. The summed E-state index contributed by atoms with van der Waals surface area (Å²) in [6.07, 6.45) is 2.58. The highest BCUT2D eigenvalue weighted by Crippen LogP contribution is 2.31. The van der Waals surface area contributed by atoms with Crippen LogP contribution in [0.25, 0.3) is 0 Å². The normalized spacial score (nSPS) is 29.8. The van der Waals surface area contributed by atoms with Crippen molar-refractivity contribution in [2.75, 3.05) is 0 Å². The highest BCUT2D eigenvalue weighted by Gasteiger charge is 2.29. The minimum Gasteiger partial charge on any atom is -0.462 e. The largest absolute Gasteiger partial charge is 0.462 e. The number of hydrogen-bond acceptors (Lipinski definition) is 3. The fourth-order valence-corrected chi connectivity index (χ4v) is 2.49. The third-order valence-electron chi connectivity index (χ3n) is 3.88. The van der Waals surface area contributed by atoms with Gasteiger partial charge in [-0.25, -0.2) is 0 Å². The van der Waals surface area contributed by atoms with Crippen LogP contribution in [0.2, 0.25) is 0 Å². The van der Waals surface area contributed by atoms with Crippen LogP contribution in [0.3, 0.4) is 0 Å². The van der Waals surface area contributed by atoms with E-state index in [9.17, 15) is 0 Å². The van der Waals surface area contributed by atoms with Crippen molar-refractivity contribution in [3.05, 3.63) is 23.7 Å². The van der Waals surface area contributed by atoms with Gasteiger partial charge in [0.25, 0.3) is 0 Å². The summed E-state index contributed by atoms with van der Waals surface area (Å²) in [4.78, 5) is 0. The number of aliphatic hydroxyl groups excluding tert-OH is 1. The SMILES string of the molecule is CC1CCC(NCc2ccc(CO)o2)C1C. The van der Waals surface area contributed by atoms with Crippen LogP contribution in [-0.2, 0) is 13.2 Å². The molecule has 0 aliphatic heterocycles. The molecule has 2 rings (SSSR count). The van der Waals surface area contributed by atoms with Crippen LogP contribution in [0.15, 0.2) is 16.5 Å². The van der Waals surface area contributed by atoms with Crippen LogP contribution in [0.4, 0.5) is 0 Å². The van der Waals surface area contributed by atoms with Crippen molar-refractivity contribution in [3.63, 3.8) is 0 Å². The molecule has 0 spiro atoms. The van der Waals surface area contributed by atoms with Gasteiger partial charge in [0.05, 0.1) is 6.54 Å². The van der Waals surface area contributed by atoms with E-state index in [0.717, 1.165) is 24.1 Å². The predicted octanol–water partition coefficient (Wildman–Crippen LogP) is 2.30. The average Bonchev–Trinajstić information content (AvgIpc) is 2.86.